The monoisotopic (exact) mass is 265 g/mol. The Kier molecular flexibility index (Phi) is 5.92. The van der Waals surface area contributed by atoms with Gasteiger partial charge in [-0.15, -0.1) is 11.8 Å². The van der Waals surface area contributed by atoms with Crippen LogP contribution in [0.2, 0.25) is 0 Å². The molecule has 0 saturated carbocycles. The molecule has 0 heterocycles. The van der Waals surface area contributed by atoms with E-state index in [9.17, 15) is 9.59 Å². The molecule has 1 atom stereocenters. The maximum atomic E-state index is 11.7. The fourth-order valence-corrected chi connectivity index (χ4v) is 2.05. The van der Waals surface area contributed by atoms with Gasteiger partial charge in [0.2, 0.25) is 5.91 Å². The Bertz CT molecular complexity index is 414. The van der Waals surface area contributed by atoms with Gasteiger partial charge in [-0.05, 0) is 38.0 Å². The van der Waals surface area contributed by atoms with Crippen molar-refractivity contribution in [3.63, 3.8) is 0 Å². The highest BCUT2D eigenvalue weighted by molar-refractivity contribution is 8.01. The molecule has 1 amide bonds. The molecule has 1 unspecified atom stereocenters. The van der Waals surface area contributed by atoms with Gasteiger partial charge in [0.15, 0.2) is 0 Å². The number of thioether (sulfide) groups is 1. The van der Waals surface area contributed by atoms with Crippen molar-refractivity contribution < 1.29 is 9.59 Å². The predicted molar refractivity (Wildman–Crippen MR) is 77.1 cm³/mol. The number of hydrogen-bond donors (Lipinski definition) is 1. The molecule has 0 saturated heterocycles. The Morgan fingerprint density at radius 2 is 1.89 bits per heavy atom. The lowest BCUT2D eigenvalue weighted by atomic mass is 10.1. The van der Waals surface area contributed by atoms with Crippen molar-refractivity contribution in [1.82, 2.24) is 0 Å². The normalized spacial score (nSPS) is 11.9. The summed E-state index contributed by atoms with van der Waals surface area (Å²) in [7, 11) is 0. The van der Waals surface area contributed by atoms with E-state index in [2.05, 4.69) is 12.2 Å². The molecular weight excluding hydrogens is 246 g/mol. The second kappa shape index (κ2) is 7.21. The summed E-state index contributed by atoms with van der Waals surface area (Å²) in [6.45, 7) is 5.45. The van der Waals surface area contributed by atoms with Crippen molar-refractivity contribution in [2.45, 2.75) is 32.4 Å². The Balaban J connectivity index is 2.42. The summed E-state index contributed by atoms with van der Waals surface area (Å²) >= 11 is 1.36. The first-order valence-corrected chi connectivity index (χ1v) is 7.08. The number of carbonyl (C=O) groups is 2. The number of amides is 1. The van der Waals surface area contributed by atoms with Crippen LogP contribution in [0.15, 0.2) is 24.3 Å². The van der Waals surface area contributed by atoms with Crippen LogP contribution >= 0.6 is 11.8 Å². The number of benzene rings is 1. The molecule has 1 aromatic carbocycles. The average Bonchev–Trinajstić information content (AvgIpc) is 2.36. The number of anilines is 1. The molecule has 0 radical (unpaired) electrons. The molecule has 0 fully saturated rings. The molecule has 18 heavy (non-hydrogen) atoms. The van der Waals surface area contributed by atoms with Gasteiger partial charge >= 0.3 is 0 Å². The molecule has 0 aliphatic rings. The minimum atomic E-state index is -0.127. The van der Waals surface area contributed by atoms with E-state index in [0.29, 0.717) is 5.75 Å². The van der Waals surface area contributed by atoms with E-state index >= 15 is 0 Å². The van der Waals surface area contributed by atoms with Crippen molar-refractivity contribution in [2.75, 3.05) is 11.1 Å². The lowest BCUT2D eigenvalue weighted by Gasteiger charge is -2.08. The van der Waals surface area contributed by atoms with Crippen LogP contribution in [0.25, 0.3) is 0 Å². The molecule has 1 N–H and O–H groups in total. The van der Waals surface area contributed by atoms with Gasteiger partial charge in [-0.2, -0.15) is 0 Å². The molecule has 0 spiro atoms. The molecule has 1 aromatic rings. The smallest absolute Gasteiger partial charge is 0.234 e. The van der Waals surface area contributed by atoms with E-state index in [-0.39, 0.29) is 16.9 Å². The molecular formula is C14H19NO2S. The number of rotatable bonds is 6. The Morgan fingerprint density at radius 3 is 2.39 bits per heavy atom. The van der Waals surface area contributed by atoms with Crippen molar-refractivity contribution in [1.29, 1.82) is 0 Å². The predicted octanol–water partition coefficient (Wildman–Crippen LogP) is 2.90. The second-order valence-electron chi connectivity index (χ2n) is 4.16. The first kappa shape index (κ1) is 14.8. The van der Waals surface area contributed by atoms with E-state index < -0.39 is 0 Å². The molecule has 0 aliphatic heterocycles. The molecule has 98 valence electrons. The topological polar surface area (TPSA) is 46.2 Å². The number of aryl methyl sites for hydroxylation is 1. The SMILES string of the molecule is CCc1ccc(NC(=O)CSC(C)C(C)=O)cc1. The highest BCUT2D eigenvalue weighted by atomic mass is 32.2. The number of nitrogens with one attached hydrogen (secondary N) is 1. The Hall–Kier alpha value is -1.29. The zero-order valence-corrected chi connectivity index (χ0v) is 11.8. The zero-order valence-electron chi connectivity index (χ0n) is 11.0. The van der Waals surface area contributed by atoms with Gasteiger partial charge in [-0.25, -0.2) is 0 Å². The maximum absolute atomic E-state index is 11.7. The first-order chi connectivity index (χ1) is 8.52. The largest absolute Gasteiger partial charge is 0.325 e. The van der Waals surface area contributed by atoms with Crippen molar-refractivity contribution >= 4 is 29.1 Å². The summed E-state index contributed by atoms with van der Waals surface area (Å²) in [6, 6.07) is 7.80. The lowest BCUT2D eigenvalue weighted by Crippen LogP contribution is -2.18. The molecule has 0 aliphatic carbocycles. The summed E-state index contributed by atoms with van der Waals surface area (Å²) in [6.07, 6.45) is 0.986. The van der Waals surface area contributed by atoms with Crippen LogP contribution in [0.1, 0.15) is 26.3 Å². The van der Waals surface area contributed by atoms with E-state index in [1.54, 1.807) is 6.92 Å². The standard InChI is InChI=1S/C14H19NO2S/c1-4-12-5-7-13(8-6-12)15-14(17)9-18-11(3)10(2)16/h5-8,11H,4,9H2,1-3H3,(H,15,17). The van der Waals surface area contributed by atoms with Crippen LogP contribution in [0.4, 0.5) is 5.69 Å². The molecule has 1 rings (SSSR count). The third kappa shape index (κ3) is 4.92. The minimum Gasteiger partial charge on any atom is -0.325 e. The van der Waals surface area contributed by atoms with E-state index in [1.165, 1.54) is 17.3 Å². The second-order valence-corrected chi connectivity index (χ2v) is 5.49. The van der Waals surface area contributed by atoms with E-state index in [0.717, 1.165) is 12.1 Å². The Labute approximate surface area is 112 Å². The van der Waals surface area contributed by atoms with Crippen LogP contribution in [0.5, 0.6) is 0 Å². The van der Waals surface area contributed by atoms with Gasteiger partial charge < -0.3 is 5.32 Å². The fraction of sp³-hybridized carbons (Fsp3) is 0.429. The van der Waals surface area contributed by atoms with Crippen LogP contribution in [0.3, 0.4) is 0 Å². The molecule has 4 heteroatoms. The lowest BCUT2D eigenvalue weighted by molar-refractivity contribution is -0.116. The highest BCUT2D eigenvalue weighted by Crippen LogP contribution is 2.13. The van der Waals surface area contributed by atoms with Crippen molar-refractivity contribution in [3.05, 3.63) is 29.8 Å². The van der Waals surface area contributed by atoms with Gasteiger partial charge in [0.25, 0.3) is 0 Å². The van der Waals surface area contributed by atoms with Gasteiger partial charge in [0, 0.05) is 5.69 Å². The highest BCUT2D eigenvalue weighted by Gasteiger charge is 2.10. The number of carbonyl (C=O) groups excluding carboxylic acids is 2. The van der Waals surface area contributed by atoms with Crippen LogP contribution in [0, 0.1) is 0 Å². The quantitative estimate of drug-likeness (QED) is 0.860. The summed E-state index contributed by atoms with van der Waals surface area (Å²) in [5, 5.41) is 2.69. The van der Waals surface area contributed by atoms with E-state index in [4.69, 9.17) is 0 Å². The third-order valence-corrected chi connectivity index (χ3v) is 3.94. The average molecular weight is 265 g/mol. The summed E-state index contributed by atoms with van der Waals surface area (Å²) < 4.78 is 0. The Morgan fingerprint density at radius 1 is 1.28 bits per heavy atom. The number of hydrogen-bond acceptors (Lipinski definition) is 3. The summed E-state index contributed by atoms with van der Waals surface area (Å²) in [5.41, 5.74) is 2.04. The van der Waals surface area contributed by atoms with Crippen LogP contribution in [-0.4, -0.2) is 22.7 Å². The van der Waals surface area contributed by atoms with E-state index in [1.807, 2.05) is 31.2 Å². The maximum Gasteiger partial charge on any atom is 0.234 e. The minimum absolute atomic E-state index is 0.0719. The van der Waals surface area contributed by atoms with Crippen LogP contribution in [-0.2, 0) is 16.0 Å². The zero-order chi connectivity index (χ0) is 13.5. The van der Waals surface area contributed by atoms with Gasteiger partial charge in [0.1, 0.15) is 5.78 Å². The number of Topliss-reactive ketones (excluding diaryl/α,β-unsaturated/α-hetero) is 1. The third-order valence-electron chi connectivity index (χ3n) is 2.68. The molecule has 0 aromatic heterocycles. The van der Waals surface area contributed by atoms with Crippen molar-refractivity contribution in [2.24, 2.45) is 0 Å². The van der Waals surface area contributed by atoms with Gasteiger partial charge in [-0.1, -0.05) is 19.1 Å². The fourth-order valence-electron chi connectivity index (χ4n) is 1.34. The first-order valence-electron chi connectivity index (χ1n) is 6.03. The molecule has 3 nitrogen and oxygen atoms in total. The van der Waals surface area contributed by atoms with Crippen LogP contribution < -0.4 is 5.32 Å². The summed E-state index contributed by atoms with van der Waals surface area (Å²) in [4.78, 5) is 22.7. The van der Waals surface area contributed by atoms with Gasteiger partial charge in [0.05, 0.1) is 11.0 Å². The summed E-state index contributed by atoms with van der Waals surface area (Å²) in [5.74, 6) is 0.327. The van der Waals surface area contributed by atoms with Gasteiger partial charge in [-0.3, -0.25) is 9.59 Å². The number of ketones is 1. The molecule has 0 bridgehead atoms. The van der Waals surface area contributed by atoms with Crippen molar-refractivity contribution in [3.8, 4) is 0 Å².